The average Bonchev–Trinajstić information content (AvgIpc) is 3.17. The van der Waals surface area contributed by atoms with Gasteiger partial charge in [0.15, 0.2) is 0 Å². The van der Waals surface area contributed by atoms with Gasteiger partial charge in [0.05, 0.1) is 23.5 Å². The van der Waals surface area contributed by atoms with Crippen LogP contribution in [0.15, 0.2) is 60.0 Å². The molecule has 0 amide bonds. The molecule has 10 nitrogen and oxygen atoms in total. The molecule has 0 bridgehead atoms. The van der Waals surface area contributed by atoms with E-state index in [9.17, 15) is 18.3 Å². The molecule has 3 heterocycles. The number of anilines is 1. The number of hydrogen-bond donors (Lipinski definition) is 1. The number of carbonyl (C=O) groups is 1. The highest BCUT2D eigenvalue weighted by Gasteiger charge is 2.33. The third kappa shape index (κ3) is 3.82. The van der Waals surface area contributed by atoms with E-state index < -0.39 is 21.1 Å². The fraction of sp³-hybridized carbons (Fsp3) is 0.150. The Morgan fingerprint density at radius 3 is 2.61 bits per heavy atom. The van der Waals surface area contributed by atoms with Crippen LogP contribution in [-0.2, 0) is 16.6 Å². The summed E-state index contributed by atoms with van der Waals surface area (Å²) in [4.78, 5) is 24.4. The Morgan fingerprint density at radius 1 is 1.10 bits per heavy atom. The molecule has 0 saturated heterocycles. The van der Waals surface area contributed by atoms with Crippen LogP contribution in [0.25, 0.3) is 5.78 Å². The first kappa shape index (κ1) is 20.4. The second kappa shape index (κ2) is 7.76. The number of para-hydroxylation sites is 1. The van der Waals surface area contributed by atoms with Gasteiger partial charge in [0.1, 0.15) is 0 Å². The summed E-state index contributed by atoms with van der Waals surface area (Å²) in [6.07, 6.45) is 3.09. The number of hydrogen-bond acceptors (Lipinski definition) is 7. The molecule has 0 fully saturated rings. The van der Waals surface area contributed by atoms with Crippen LogP contribution in [0.2, 0.25) is 0 Å². The minimum atomic E-state index is -4.36. The summed E-state index contributed by atoms with van der Waals surface area (Å²) < 4.78 is 29.6. The quantitative estimate of drug-likeness (QED) is 0.485. The van der Waals surface area contributed by atoms with Crippen molar-refractivity contribution in [3.05, 3.63) is 77.4 Å². The molecular weight excluding hydrogens is 420 g/mol. The van der Waals surface area contributed by atoms with Crippen molar-refractivity contribution in [2.45, 2.75) is 25.5 Å². The van der Waals surface area contributed by atoms with Crippen molar-refractivity contribution in [2.24, 2.45) is 0 Å². The highest BCUT2D eigenvalue weighted by molar-refractivity contribution is 7.92. The second-order valence-electron chi connectivity index (χ2n) is 6.82. The van der Waals surface area contributed by atoms with E-state index in [1.807, 2.05) is 0 Å². The lowest BCUT2D eigenvalue weighted by Gasteiger charge is -2.25. The normalized spacial score (nSPS) is 11.5. The van der Waals surface area contributed by atoms with E-state index in [1.54, 1.807) is 56.4 Å². The van der Waals surface area contributed by atoms with Crippen LogP contribution >= 0.6 is 0 Å². The molecular formula is C20H18N6O4S. The molecule has 0 saturated carbocycles. The Kier molecular flexibility index (Phi) is 5.11. The predicted octanol–water partition coefficient (Wildman–Crippen LogP) is 2.23. The van der Waals surface area contributed by atoms with Crippen molar-refractivity contribution in [1.82, 2.24) is 24.6 Å². The minimum absolute atomic E-state index is 0.0312. The first-order valence-corrected chi connectivity index (χ1v) is 10.7. The van der Waals surface area contributed by atoms with Crippen molar-refractivity contribution >= 4 is 27.5 Å². The van der Waals surface area contributed by atoms with Crippen LogP contribution in [0.5, 0.6) is 0 Å². The number of aromatic nitrogens is 5. The van der Waals surface area contributed by atoms with Gasteiger partial charge in [0.25, 0.3) is 10.9 Å². The van der Waals surface area contributed by atoms with E-state index >= 15 is 0 Å². The van der Waals surface area contributed by atoms with Gasteiger partial charge < -0.3 is 5.11 Å². The number of sulfonamides is 1. The number of pyridine rings is 1. The molecule has 158 valence electrons. The van der Waals surface area contributed by atoms with Crippen LogP contribution in [0.4, 0.5) is 5.69 Å². The van der Waals surface area contributed by atoms with Gasteiger partial charge in [0.2, 0.25) is 0 Å². The maximum absolute atomic E-state index is 13.7. The zero-order chi connectivity index (χ0) is 22.2. The average molecular weight is 438 g/mol. The smallest absolute Gasteiger partial charge is 0.337 e. The van der Waals surface area contributed by atoms with Crippen molar-refractivity contribution in [2.75, 3.05) is 4.31 Å². The third-order valence-electron chi connectivity index (χ3n) is 4.60. The predicted molar refractivity (Wildman–Crippen MR) is 111 cm³/mol. The molecule has 0 aliphatic heterocycles. The second-order valence-corrected chi connectivity index (χ2v) is 8.57. The molecule has 0 unspecified atom stereocenters. The summed E-state index contributed by atoms with van der Waals surface area (Å²) in [5.74, 6) is -1.13. The maximum atomic E-state index is 13.7. The number of carboxylic acid groups (broad SMARTS) is 1. The molecule has 0 aliphatic carbocycles. The van der Waals surface area contributed by atoms with E-state index in [2.05, 4.69) is 20.1 Å². The monoisotopic (exact) mass is 438 g/mol. The number of benzene rings is 1. The lowest BCUT2D eigenvalue weighted by molar-refractivity contribution is 0.0697. The number of aryl methyl sites for hydroxylation is 2. The molecule has 3 aromatic heterocycles. The number of aromatic carboxylic acids is 1. The van der Waals surface area contributed by atoms with E-state index in [1.165, 1.54) is 16.8 Å². The van der Waals surface area contributed by atoms with Crippen LogP contribution in [0.1, 0.15) is 27.3 Å². The fourth-order valence-corrected chi connectivity index (χ4v) is 4.51. The van der Waals surface area contributed by atoms with Crippen molar-refractivity contribution < 1.29 is 18.3 Å². The largest absolute Gasteiger partial charge is 0.478 e. The van der Waals surface area contributed by atoms with Gasteiger partial charge in [-0.2, -0.15) is 13.4 Å². The van der Waals surface area contributed by atoms with E-state index in [0.29, 0.717) is 17.0 Å². The first-order valence-electron chi connectivity index (χ1n) is 9.23. The molecule has 1 N–H and O–H groups in total. The Morgan fingerprint density at radius 2 is 1.90 bits per heavy atom. The van der Waals surface area contributed by atoms with Gasteiger partial charge in [-0.05, 0) is 43.7 Å². The Bertz CT molecular complexity index is 1390. The Hall–Kier alpha value is -3.86. The van der Waals surface area contributed by atoms with Crippen LogP contribution in [-0.4, -0.2) is 44.1 Å². The lowest BCUT2D eigenvalue weighted by atomic mass is 10.1. The van der Waals surface area contributed by atoms with Gasteiger partial charge >= 0.3 is 16.0 Å². The third-order valence-corrected chi connectivity index (χ3v) is 6.12. The van der Waals surface area contributed by atoms with Crippen LogP contribution in [0.3, 0.4) is 0 Å². The molecule has 0 spiro atoms. The van der Waals surface area contributed by atoms with Crippen molar-refractivity contribution in [1.29, 1.82) is 0 Å². The molecule has 0 atom stereocenters. The summed E-state index contributed by atoms with van der Waals surface area (Å²) in [5, 5.41) is 13.3. The number of carboxylic acids is 1. The molecule has 4 aromatic rings. The summed E-state index contributed by atoms with van der Waals surface area (Å²) in [6.45, 7) is 3.20. The van der Waals surface area contributed by atoms with E-state index in [-0.39, 0.29) is 23.6 Å². The zero-order valence-corrected chi connectivity index (χ0v) is 17.5. The van der Waals surface area contributed by atoms with Crippen LogP contribution in [0, 0.1) is 13.8 Å². The highest BCUT2D eigenvalue weighted by atomic mass is 32.2. The molecule has 11 heteroatoms. The fourth-order valence-electron chi connectivity index (χ4n) is 3.14. The van der Waals surface area contributed by atoms with E-state index in [4.69, 9.17) is 0 Å². The number of nitrogens with zero attached hydrogens (tertiary/aromatic N) is 6. The maximum Gasteiger partial charge on any atom is 0.337 e. The zero-order valence-electron chi connectivity index (χ0n) is 16.7. The van der Waals surface area contributed by atoms with Gasteiger partial charge in [0, 0.05) is 18.1 Å². The van der Waals surface area contributed by atoms with Crippen LogP contribution < -0.4 is 4.31 Å². The van der Waals surface area contributed by atoms with Crippen molar-refractivity contribution in [3.63, 3.8) is 0 Å². The molecule has 1 aromatic carbocycles. The topological polar surface area (TPSA) is 131 Å². The van der Waals surface area contributed by atoms with Gasteiger partial charge in [-0.15, -0.1) is 5.10 Å². The summed E-state index contributed by atoms with van der Waals surface area (Å²) >= 11 is 0. The SMILES string of the molecule is Cc1ccn2nc(S(=O)(=O)N(Cc3ccccn3)c3c(C)cccc3C(=O)O)nc2n1. The van der Waals surface area contributed by atoms with Crippen molar-refractivity contribution in [3.8, 4) is 0 Å². The Labute approximate surface area is 177 Å². The number of rotatable bonds is 6. The first-order chi connectivity index (χ1) is 14.8. The van der Waals surface area contributed by atoms with Gasteiger partial charge in [-0.1, -0.05) is 18.2 Å². The van der Waals surface area contributed by atoms with Gasteiger partial charge in [-0.3, -0.25) is 9.29 Å². The minimum Gasteiger partial charge on any atom is -0.478 e. The standard InChI is InChI=1S/C20H18N6O4S/c1-13-6-5-8-16(18(27)28)17(13)26(12-15-7-3-4-10-21-15)31(29,30)20-23-19-22-14(2)9-11-25(19)24-20/h3-11H,12H2,1-2H3,(H,27,28). The Balaban J connectivity index is 1.93. The van der Waals surface area contributed by atoms with Gasteiger partial charge in [-0.25, -0.2) is 14.3 Å². The highest BCUT2D eigenvalue weighted by Crippen LogP contribution is 2.31. The molecule has 4 rings (SSSR count). The van der Waals surface area contributed by atoms with E-state index in [0.717, 1.165) is 4.31 Å². The summed E-state index contributed by atoms with van der Waals surface area (Å²) in [7, 11) is -4.36. The summed E-state index contributed by atoms with van der Waals surface area (Å²) in [6, 6.07) is 11.3. The number of fused-ring (bicyclic) bond motifs is 1. The lowest BCUT2D eigenvalue weighted by Crippen LogP contribution is -2.33. The molecule has 0 radical (unpaired) electrons. The molecule has 0 aliphatic rings. The summed E-state index contributed by atoms with van der Waals surface area (Å²) in [5.41, 5.74) is 1.43. The molecule has 31 heavy (non-hydrogen) atoms.